The predicted octanol–water partition coefficient (Wildman–Crippen LogP) is 3.58. The van der Waals surface area contributed by atoms with Gasteiger partial charge in [-0.05, 0) is 32.6 Å². The number of hydrogen-bond donors (Lipinski definition) is 3. The molecule has 0 aliphatic heterocycles. The monoisotopic (exact) mass is 470 g/mol. The van der Waals surface area contributed by atoms with Gasteiger partial charge in [0, 0.05) is 25.7 Å². The highest BCUT2D eigenvalue weighted by Crippen LogP contribution is 2.47. The summed E-state index contributed by atoms with van der Waals surface area (Å²) in [6.45, 7) is 7.90. The fourth-order valence-electron chi connectivity index (χ4n) is 4.07. The van der Waals surface area contributed by atoms with E-state index in [9.17, 15) is 39.3 Å². The van der Waals surface area contributed by atoms with Gasteiger partial charge in [-0.15, -0.1) is 0 Å². The summed E-state index contributed by atoms with van der Waals surface area (Å²) in [5, 5.41) is 33.5. The van der Waals surface area contributed by atoms with Crippen LogP contribution in [0.1, 0.15) is 112 Å². The number of carbonyl (C=O) groups excluding carboxylic acids is 4. The lowest BCUT2D eigenvalue weighted by atomic mass is 9.55. The molecule has 0 saturated carbocycles. The molecule has 8 nitrogen and oxygen atoms in total. The summed E-state index contributed by atoms with van der Waals surface area (Å²) in [6, 6.07) is 0. The van der Waals surface area contributed by atoms with Gasteiger partial charge in [0.25, 0.3) is 0 Å². The van der Waals surface area contributed by atoms with Crippen molar-refractivity contribution in [3.63, 3.8) is 0 Å². The lowest BCUT2D eigenvalue weighted by Crippen LogP contribution is -2.75. The molecule has 0 aromatic heterocycles. The van der Waals surface area contributed by atoms with Gasteiger partial charge in [0.15, 0.2) is 28.5 Å². The van der Waals surface area contributed by atoms with Crippen molar-refractivity contribution in [3.05, 3.63) is 0 Å². The van der Waals surface area contributed by atoms with E-state index in [1.165, 1.54) is 0 Å². The van der Waals surface area contributed by atoms with Gasteiger partial charge in [0.2, 0.25) is 11.2 Å². The summed E-state index contributed by atoms with van der Waals surface area (Å²) in [7, 11) is 0. The maximum absolute atomic E-state index is 13.2. The molecule has 0 radical (unpaired) electrons. The van der Waals surface area contributed by atoms with Crippen LogP contribution in [0.25, 0.3) is 0 Å². The highest BCUT2D eigenvalue weighted by atomic mass is 16.4. The van der Waals surface area contributed by atoms with Crippen molar-refractivity contribution in [3.8, 4) is 0 Å². The molecule has 0 amide bonds. The van der Waals surface area contributed by atoms with Crippen molar-refractivity contribution in [1.29, 1.82) is 0 Å². The largest absolute Gasteiger partial charge is 0.481 e. The Hall–Kier alpha value is -1.93. The number of unbranched alkanes of at least 4 members (excludes halogenated alkanes) is 4. The van der Waals surface area contributed by atoms with Gasteiger partial charge in [-0.25, -0.2) is 0 Å². The van der Waals surface area contributed by atoms with Crippen molar-refractivity contribution in [2.24, 2.45) is 5.41 Å². The number of Topliss-reactive ketones (excluding diaryl/α,β-unsaturated/α-hetero) is 4. The van der Waals surface area contributed by atoms with Crippen molar-refractivity contribution in [2.75, 3.05) is 0 Å². The van der Waals surface area contributed by atoms with Crippen LogP contribution < -0.4 is 0 Å². The van der Waals surface area contributed by atoms with E-state index in [1.54, 1.807) is 27.7 Å². The first-order chi connectivity index (χ1) is 15.4. The van der Waals surface area contributed by atoms with Crippen LogP contribution in [0.4, 0.5) is 0 Å². The second-order valence-corrected chi connectivity index (χ2v) is 8.96. The average molecular weight is 471 g/mol. The van der Waals surface area contributed by atoms with E-state index in [-0.39, 0.29) is 51.4 Å². The maximum Gasteiger partial charge on any atom is 0.317 e. The minimum Gasteiger partial charge on any atom is -0.481 e. The van der Waals surface area contributed by atoms with Crippen molar-refractivity contribution >= 4 is 29.1 Å². The predicted molar refractivity (Wildman–Crippen MR) is 124 cm³/mol. The molecule has 0 bridgehead atoms. The van der Waals surface area contributed by atoms with Crippen LogP contribution in [-0.4, -0.2) is 55.6 Å². The fraction of sp³-hybridized carbons (Fsp3) is 0.800. The number of ketones is 4. The van der Waals surface area contributed by atoms with Gasteiger partial charge in [-0.2, -0.15) is 0 Å². The number of hydrogen-bond acceptors (Lipinski definition) is 7. The molecule has 0 rings (SSSR count). The summed E-state index contributed by atoms with van der Waals surface area (Å²) in [4.78, 5) is 65.6. The average Bonchev–Trinajstić information content (AvgIpc) is 2.80. The van der Waals surface area contributed by atoms with Crippen molar-refractivity contribution < 1.29 is 39.3 Å². The van der Waals surface area contributed by atoms with Crippen LogP contribution >= 0.6 is 0 Å². The van der Waals surface area contributed by atoms with E-state index in [1.807, 2.05) is 0 Å². The van der Waals surface area contributed by atoms with Crippen LogP contribution in [0, 0.1) is 5.41 Å². The van der Waals surface area contributed by atoms with E-state index in [2.05, 4.69) is 0 Å². The van der Waals surface area contributed by atoms with E-state index in [4.69, 9.17) is 0 Å². The topological polar surface area (TPSA) is 146 Å². The molecule has 0 aromatic carbocycles. The molecule has 0 aromatic rings. The van der Waals surface area contributed by atoms with Gasteiger partial charge in [-0.3, -0.25) is 24.0 Å². The first-order valence-electron chi connectivity index (χ1n) is 12.2. The molecule has 0 atom stereocenters. The Bertz CT molecular complexity index is 619. The Labute approximate surface area is 197 Å². The molecule has 0 heterocycles. The molecule has 190 valence electrons. The number of rotatable bonds is 19. The third kappa shape index (κ3) is 6.15. The van der Waals surface area contributed by atoms with Gasteiger partial charge in [0.1, 0.15) is 0 Å². The van der Waals surface area contributed by atoms with Crippen LogP contribution in [0.15, 0.2) is 0 Å². The minimum atomic E-state index is -3.23. The second-order valence-electron chi connectivity index (χ2n) is 8.96. The van der Waals surface area contributed by atoms with Gasteiger partial charge >= 0.3 is 5.97 Å². The molecule has 0 saturated heterocycles. The van der Waals surface area contributed by atoms with E-state index in [0.717, 1.165) is 6.92 Å². The SMILES string of the molecule is CCCCC(=O)C(O)(C(=O)CCCC)C(C)(C(=O)O)C(O)(C(=O)CCCC)C(=O)CCCC. The van der Waals surface area contributed by atoms with E-state index in [0.29, 0.717) is 25.7 Å². The standard InChI is InChI=1S/C25H42O8/c1-6-10-14-18(26)24(32,19(27)15-11-7-2)23(5,22(30)31)25(33,20(28)16-12-8-3)21(29)17-13-9-4/h32-33H,6-17H2,1-5H3,(H,30,31). The molecule has 3 N–H and O–H groups in total. The quantitative estimate of drug-likeness (QED) is 0.243. The second kappa shape index (κ2) is 13.7. The van der Waals surface area contributed by atoms with Crippen LogP contribution in [-0.2, 0) is 24.0 Å². The number of carbonyl (C=O) groups is 5. The molecule has 0 unspecified atom stereocenters. The normalized spacial score (nSPS) is 12.5. The zero-order valence-electron chi connectivity index (χ0n) is 20.9. The van der Waals surface area contributed by atoms with Crippen molar-refractivity contribution in [2.45, 2.75) is 123 Å². The lowest BCUT2D eigenvalue weighted by Gasteiger charge is -2.47. The molecule has 0 fully saturated rings. The first kappa shape index (κ1) is 31.1. The highest BCUT2D eigenvalue weighted by Gasteiger charge is 2.74. The summed E-state index contributed by atoms with van der Waals surface area (Å²) < 4.78 is 0. The third-order valence-electron chi connectivity index (χ3n) is 6.52. The Morgan fingerprint density at radius 2 is 0.758 bits per heavy atom. The van der Waals surface area contributed by atoms with Crippen molar-refractivity contribution in [1.82, 2.24) is 0 Å². The first-order valence-corrected chi connectivity index (χ1v) is 12.2. The van der Waals surface area contributed by atoms with Crippen LogP contribution in [0.3, 0.4) is 0 Å². The number of aliphatic hydroxyl groups is 2. The summed E-state index contributed by atoms with van der Waals surface area (Å²) in [6.07, 6.45) is 1.90. The van der Waals surface area contributed by atoms with E-state index >= 15 is 0 Å². The maximum atomic E-state index is 13.2. The third-order valence-corrected chi connectivity index (χ3v) is 6.52. The minimum absolute atomic E-state index is 0.268. The summed E-state index contributed by atoms with van der Waals surface area (Å²) in [5.74, 6) is -6.33. The smallest absolute Gasteiger partial charge is 0.317 e. The Morgan fingerprint density at radius 1 is 0.545 bits per heavy atom. The Morgan fingerprint density at radius 3 is 0.909 bits per heavy atom. The molecular weight excluding hydrogens is 428 g/mol. The number of carboxylic acids is 1. The van der Waals surface area contributed by atoms with Gasteiger partial charge in [-0.1, -0.05) is 53.4 Å². The molecular formula is C25H42O8. The molecule has 0 spiro atoms. The molecule has 8 heteroatoms. The molecule has 33 heavy (non-hydrogen) atoms. The van der Waals surface area contributed by atoms with E-state index < -0.39 is 45.7 Å². The molecule has 0 aliphatic carbocycles. The zero-order chi connectivity index (χ0) is 25.9. The summed E-state index contributed by atoms with van der Waals surface area (Å²) in [5.41, 5.74) is -9.55. The zero-order valence-corrected chi connectivity index (χ0v) is 20.9. The highest BCUT2D eigenvalue weighted by molar-refractivity contribution is 6.21. The summed E-state index contributed by atoms with van der Waals surface area (Å²) >= 11 is 0. The lowest BCUT2D eigenvalue weighted by molar-refractivity contribution is -0.211. The fourth-order valence-corrected chi connectivity index (χ4v) is 4.07. The van der Waals surface area contributed by atoms with Gasteiger partial charge < -0.3 is 15.3 Å². The van der Waals surface area contributed by atoms with Crippen LogP contribution in [0.5, 0.6) is 0 Å². The Balaban J connectivity index is 7.13. The van der Waals surface area contributed by atoms with Gasteiger partial charge in [0.05, 0.1) is 0 Å². The van der Waals surface area contributed by atoms with Crippen LogP contribution in [0.2, 0.25) is 0 Å². The number of aliphatic carboxylic acids is 1. The number of carboxylic acid groups (broad SMARTS) is 1. The molecule has 0 aliphatic rings. The Kier molecular flexibility index (Phi) is 12.9.